The van der Waals surface area contributed by atoms with Gasteiger partial charge in [0, 0.05) is 15.8 Å². The van der Waals surface area contributed by atoms with Crippen LogP contribution in [0.5, 0.6) is 0 Å². The number of rotatable bonds is 4. The van der Waals surface area contributed by atoms with E-state index < -0.39 is 10.0 Å². The number of nitrogens with one attached hydrogen (secondary N) is 1. The number of thioether (sulfide) groups is 1. The fourth-order valence-electron chi connectivity index (χ4n) is 2.46. The van der Waals surface area contributed by atoms with E-state index in [1.165, 1.54) is 6.07 Å². The van der Waals surface area contributed by atoms with Crippen LogP contribution in [0.3, 0.4) is 0 Å². The van der Waals surface area contributed by atoms with Gasteiger partial charge in [-0.1, -0.05) is 15.9 Å². The molecule has 0 radical (unpaired) electrons. The van der Waals surface area contributed by atoms with Gasteiger partial charge in [0.15, 0.2) is 0 Å². The third kappa shape index (κ3) is 3.90. The molecular formula is C13H19BrN2O2S2. The molecule has 0 bridgehead atoms. The van der Waals surface area contributed by atoms with Gasteiger partial charge in [0.2, 0.25) is 10.0 Å². The minimum atomic E-state index is -3.53. The molecule has 1 fully saturated rings. The summed E-state index contributed by atoms with van der Waals surface area (Å²) in [7, 11) is -3.53. The van der Waals surface area contributed by atoms with Crippen LogP contribution in [-0.4, -0.2) is 26.0 Å². The summed E-state index contributed by atoms with van der Waals surface area (Å²) in [6.07, 6.45) is 6.01. The molecule has 0 atom stereocenters. The van der Waals surface area contributed by atoms with Gasteiger partial charge in [0.1, 0.15) is 4.90 Å². The van der Waals surface area contributed by atoms with Crippen molar-refractivity contribution in [3.63, 3.8) is 0 Å². The molecule has 20 heavy (non-hydrogen) atoms. The minimum absolute atomic E-state index is 0.0199. The maximum Gasteiger partial charge on any atom is 0.242 e. The number of anilines is 1. The van der Waals surface area contributed by atoms with Crippen LogP contribution in [0.25, 0.3) is 0 Å². The number of hydrogen-bond donors (Lipinski definition) is 2. The van der Waals surface area contributed by atoms with E-state index in [0.717, 1.165) is 30.2 Å². The Morgan fingerprint density at radius 2 is 1.95 bits per heavy atom. The summed E-state index contributed by atoms with van der Waals surface area (Å²) in [6, 6.07) is 4.86. The van der Waals surface area contributed by atoms with Crippen molar-refractivity contribution in [2.24, 2.45) is 0 Å². The fourth-order valence-corrected chi connectivity index (χ4v) is 5.00. The van der Waals surface area contributed by atoms with E-state index >= 15 is 0 Å². The van der Waals surface area contributed by atoms with Gasteiger partial charge in [-0.3, -0.25) is 0 Å². The summed E-state index contributed by atoms with van der Waals surface area (Å²) >= 11 is 5.14. The summed E-state index contributed by atoms with van der Waals surface area (Å²) in [5.41, 5.74) is 6.07. The first-order chi connectivity index (χ1) is 9.42. The molecule has 0 spiro atoms. The topological polar surface area (TPSA) is 72.2 Å². The first-order valence-electron chi connectivity index (χ1n) is 6.52. The highest BCUT2D eigenvalue weighted by Crippen LogP contribution is 2.29. The largest absolute Gasteiger partial charge is 0.398 e. The van der Waals surface area contributed by atoms with Crippen LogP contribution in [-0.2, 0) is 10.0 Å². The highest BCUT2D eigenvalue weighted by Gasteiger charge is 2.26. The quantitative estimate of drug-likeness (QED) is 0.789. The predicted molar refractivity (Wildman–Crippen MR) is 88.4 cm³/mol. The number of benzene rings is 1. The van der Waals surface area contributed by atoms with Gasteiger partial charge in [-0.25, -0.2) is 13.1 Å². The predicted octanol–water partition coefficient (Wildman–Crippen LogP) is 2.98. The summed E-state index contributed by atoms with van der Waals surface area (Å²) in [5.74, 6) is 0. The molecule has 3 N–H and O–H groups in total. The average molecular weight is 379 g/mol. The molecule has 1 aromatic carbocycles. The van der Waals surface area contributed by atoms with Crippen LogP contribution in [0.1, 0.15) is 25.7 Å². The SMILES string of the molecule is CSC1CCC(NS(=O)(=O)c2ccc(Br)cc2N)CC1. The smallest absolute Gasteiger partial charge is 0.242 e. The number of nitrogen functional groups attached to an aromatic ring is 1. The Bertz CT molecular complexity index is 570. The lowest BCUT2D eigenvalue weighted by Gasteiger charge is -2.28. The van der Waals surface area contributed by atoms with Crippen LogP contribution < -0.4 is 10.5 Å². The van der Waals surface area contributed by atoms with E-state index in [0.29, 0.717) is 5.25 Å². The van der Waals surface area contributed by atoms with Gasteiger partial charge in [-0.15, -0.1) is 0 Å². The summed E-state index contributed by atoms with van der Waals surface area (Å²) in [4.78, 5) is 0.160. The van der Waals surface area contributed by atoms with E-state index in [-0.39, 0.29) is 16.6 Å². The lowest BCUT2D eigenvalue weighted by molar-refractivity contribution is 0.420. The Kier molecular flexibility index (Phi) is 5.39. The molecule has 2 rings (SSSR count). The summed E-state index contributed by atoms with van der Waals surface area (Å²) in [6.45, 7) is 0. The highest BCUT2D eigenvalue weighted by molar-refractivity contribution is 9.10. The molecule has 0 saturated heterocycles. The van der Waals surface area contributed by atoms with Crippen molar-refractivity contribution in [1.29, 1.82) is 0 Å². The molecule has 0 aliphatic heterocycles. The lowest BCUT2D eigenvalue weighted by Crippen LogP contribution is -2.38. The zero-order chi connectivity index (χ0) is 14.8. The number of hydrogen-bond acceptors (Lipinski definition) is 4. The van der Waals surface area contributed by atoms with Crippen LogP contribution in [0.4, 0.5) is 5.69 Å². The Hall–Kier alpha value is -0.240. The van der Waals surface area contributed by atoms with Crippen LogP contribution in [0, 0.1) is 0 Å². The molecule has 1 saturated carbocycles. The van der Waals surface area contributed by atoms with Gasteiger partial charge in [0.05, 0.1) is 5.69 Å². The number of halogens is 1. The first-order valence-corrected chi connectivity index (χ1v) is 10.1. The van der Waals surface area contributed by atoms with Crippen molar-refractivity contribution in [2.45, 2.75) is 41.9 Å². The van der Waals surface area contributed by atoms with Crippen LogP contribution >= 0.6 is 27.7 Å². The van der Waals surface area contributed by atoms with E-state index in [1.54, 1.807) is 12.1 Å². The monoisotopic (exact) mass is 378 g/mol. The Morgan fingerprint density at radius 1 is 1.30 bits per heavy atom. The molecule has 0 heterocycles. The van der Waals surface area contributed by atoms with E-state index in [4.69, 9.17) is 5.73 Å². The molecule has 0 unspecified atom stereocenters. The molecule has 0 aromatic heterocycles. The van der Waals surface area contributed by atoms with Gasteiger partial charge in [0.25, 0.3) is 0 Å². The second-order valence-electron chi connectivity index (χ2n) is 5.01. The van der Waals surface area contributed by atoms with Crippen molar-refractivity contribution >= 4 is 43.4 Å². The third-order valence-electron chi connectivity index (χ3n) is 3.59. The van der Waals surface area contributed by atoms with Gasteiger partial charge in [-0.05, 0) is 50.1 Å². The summed E-state index contributed by atoms with van der Waals surface area (Å²) < 4.78 is 28.3. The Labute approximate surface area is 133 Å². The van der Waals surface area contributed by atoms with Crippen molar-refractivity contribution < 1.29 is 8.42 Å². The third-order valence-corrected chi connectivity index (χ3v) is 6.82. The Balaban J connectivity index is 2.08. The molecule has 112 valence electrons. The first kappa shape index (κ1) is 16.1. The van der Waals surface area contributed by atoms with E-state index in [2.05, 4.69) is 26.9 Å². The minimum Gasteiger partial charge on any atom is -0.398 e. The molecular weight excluding hydrogens is 360 g/mol. The molecule has 7 heteroatoms. The van der Waals surface area contributed by atoms with Crippen molar-refractivity contribution in [2.75, 3.05) is 12.0 Å². The average Bonchev–Trinajstić information content (AvgIpc) is 2.38. The van der Waals surface area contributed by atoms with E-state index in [1.807, 2.05) is 11.8 Å². The molecule has 1 aromatic rings. The molecule has 4 nitrogen and oxygen atoms in total. The zero-order valence-electron chi connectivity index (χ0n) is 11.3. The zero-order valence-corrected chi connectivity index (χ0v) is 14.5. The van der Waals surface area contributed by atoms with Crippen molar-refractivity contribution in [3.8, 4) is 0 Å². The fraction of sp³-hybridized carbons (Fsp3) is 0.538. The maximum absolute atomic E-state index is 12.4. The summed E-state index contributed by atoms with van der Waals surface area (Å²) in [5, 5.41) is 0.661. The standard InChI is InChI=1S/C13H19BrN2O2S2/c1-19-11-5-3-10(4-6-11)16-20(17,18)13-7-2-9(14)8-12(13)15/h2,7-8,10-11,16H,3-6,15H2,1H3. The van der Waals surface area contributed by atoms with Gasteiger partial charge >= 0.3 is 0 Å². The highest BCUT2D eigenvalue weighted by atomic mass is 79.9. The molecule has 1 aliphatic carbocycles. The lowest BCUT2D eigenvalue weighted by atomic mass is 9.96. The van der Waals surface area contributed by atoms with Gasteiger partial charge < -0.3 is 5.73 Å². The number of sulfonamides is 1. The van der Waals surface area contributed by atoms with Crippen LogP contribution in [0.2, 0.25) is 0 Å². The number of nitrogens with two attached hydrogens (primary N) is 1. The van der Waals surface area contributed by atoms with Crippen molar-refractivity contribution in [3.05, 3.63) is 22.7 Å². The maximum atomic E-state index is 12.4. The Morgan fingerprint density at radius 3 is 2.50 bits per heavy atom. The molecule has 1 aliphatic rings. The molecule has 0 amide bonds. The van der Waals surface area contributed by atoms with Gasteiger partial charge in [-0.2, -0.15) is 11.8 Å². The van der Waals surface area contributed by atoms with E-state index in [9.17, 15) is 8.42 Å². The van der Waals surface area contributed by atoms with Crippen LogP contribution in [0.15, 0.2) is 27.6 Å². The normalized spacial score (nSPS) is 23.7. The second-order valence-corrected chi connectivity index (χ2v) is 8.75. The van der Waals surface area contributed by atoms with Crippen molar-refractivity contribution in [1.82, 2.24) is 4.72 Å². The second kappa shape index (κ2) is 6.68.